The largest absolute Gasteiger partial charge is 0.390 e. The van der Waals surface area contributed by atoms with Crippen LogP contribution in [0.2, 0.25) is 0 Å². The van der Waals surface area contributed by atoms with Crippen LogP contribution in [0.3, 0.4) is 0 Å². The maximum absolute atomic E-state index is 12.8. The summed E-state index contributed by atoms with van der Waals surface area (Å²) in [6.45, 7) is 0.279. The van der Waals surface area contributed by atoms with E-state index in [-0.39, 0.29) is 18.1 Å². The minimum Gasteiger partial charge on any atom is -0.358 e. The molecule has 2 aromatic carbocycles. The first kappa shape index (κ1) is 17.0. The fraction of sp³-hybridized carbons (Fsp3) is 0.200. The average Bonchev–Trinajstić information content (AvgIpc) is 3.29. The second-order valence-corrected chi connectivity index (χ2v) is 6.58. The molecule has 1 amide bonds. The monoisotopic (exact) mass is 362 g/mol. The van der Waals surface area contributed by atoms with Gasteiger partial charge in [0.15, 0.2) is 5.69 Å². The lowest BCUT2D eigenvalue weighted by atomic mass is 10.1. The van der Waals surface area contributed by atoms with Crippen molar-refractivity contribution in [3.8, 4) is 0 Å². The topological polar surface area (TPSA) is 90.1 Å². The van der Waals surface area contributed by atoms with E-state index in [0.29, 0.717) is 5.69 Å². The van der Waals surface area contributed by atoms with Gasteiger partial charge in [-0.15, -0.1) is 0 Å². The number of hydrogen-bond donors (Lipinski definition) is 1. The van der Waals surface area contributed by atoms with Crippen molar-refractivity contribution in [1.29, 1.82) is 0 Å². The van der Waals surface area contributed by atoms with Crippen LogP contribution in [0.5, 0.6) is 0 Å². The minimum atomic E-state index is -0.590. The fourth-order valence-electron chi connectivity index (χ4n) is 3.40. The van der Waals surface area contributed by atoms with Crippen molar-refractivity contribution in [3.63, 3.8) is 0 Å². The third-order valence-electron chi connectivity index (χ3n) is 4.72. The Kier molecular flexibility index (Phi) is 4.42. The van der Waals surface area contributed by atoms with E-state index in [9.17, 15) is 14.9 Å². The van der Waals surface area contributed by atoms with E-state index in [1.165, 1.54) is 21.9 Å². The smallest absolute Gasteiger partial charge is 0.358 e. The molecule has 0 radical (unpaired) electrons. The Hall–Kier alpha value is -3.48. The van der Waals surface area contributed by atoms with Crippen LogP contribution >= 0.6 is 0 Å². The molecule has 0 bridgehead atoms. The Balaban J connectivity index is 1.61. The van der Waals surface area contributed by atoms with E-state index in [2.05, 4.69) is 10.4 Å². The van der Waals surface area contributed by atoms with Gasteiger partial charge in [-0.2, -0.15) is 4.68 Å². The van der Waals surface area contributed by atoms with Gasteiger partial charge in [0.2, 0.25) is 0 Å². The first-order valence-electron chi connectivity index (χ1n) is 8.79. The summed E-state index contributed by atoms with van der Waals surface area (Å²) in [5.74, 6) is -0.755. The molecule has 0 aliphatic heterocycles. The standard InChI is InChI=1S/C20H18N4O3/c25-20(21-17-10-9-15-7-4-8-16(15)11-17)18-12-19(24(26)27)22-23(18)13-14-5-2-1-3-6-14/h1-3,5-6,9-12H,4,7-8,13H2,(H,21,25). The Morgan fingerprint density at radius 3 is 2.67 bits per heavy atom. The van der Waals surface area contributed by atoms with Crippen molar-refractivity contribution in [3.05, 3.63) is 87.1 Å². The number of nitro groups is 1. The highest BCUT2D eigenvalue weighted by Crippen LogP contribution is 2.25. The van der Waals surface area contributed by atoms with Gasteiger partial charge < -0.3 is 15.4 Å². The molecule has 0 atom stereocenters. The van der Waals surface area contributed by atoms with Crippen LogP contribution in [-0.4, -0.2) is 20.6 Å². The van der Waals surface area contributed by atoms with Crippen molar-refractivity contribution in [2.75, 3.05) is 5.32 Å². The van der Waals surface area contributed by atoms with Crippen molar-refractivity contribution >= 4 is 17.4 Å². The maximum Gasteiger partial charge on any atom is 0.390 e. The van der Waals surface area contributed by atoms with Crippen LogP contribution in [0.4, 0.5) is 11.5 Å². The van der Waals surface area contributed by atoms with Crippen LogP contribution in [0, 0.1) is 10.1 Å². The summed E-state index contributed by atoms with van der Waals surface area (Å²) in [5, 5.41) is 18.0. The summed E-state index contributed by atoms with van der Waals surface area (Å²) in [6.07, 6.45) is 3.21. The number of carbonyl (C=O) groups excluding carboxylic acids is 1. The maximum atomic E-state index is 12.8. The predicted molar refractivity (Wildman–Crippen MR) is 101 cm³/mol. The second kappa shape index (κ2) is 7.03. The molecule has 136 valence electrons. The van der Waals surface area contributed by atoms with E-state index >= 15 is 0 Å². The number of rotatable bonds is 5. The van der Waals surface area contributed by atoms with E-state index in [4.69, 9.17) is 0 Å². The zero-order valence-electron chi connectivity index (χ0n) is 14.6. The van der Waals surface area contributed by atoms with Gasteiger partial charge in [-0.3, -0.25) is 4.79 Å². The number of carbonyl (C=O) groups is 1. The first-order valence-corrected chi connectivity index (χ1v) is 8.79. The van der Waals surface area contributed by atoms with Crippen LogP contribution in [0.15, 0.2) is 54.6 Å². The van der Waals surface area contributed by atoms with Crippen LogP contribution in [0.25, 0.3) is 0 Å². The molecular weight excluding hydrogens is 344 g/mol. The Bertz CT molecular complexity index is 1010. The molecule has 1 N–H and O–H groups in total. The van der Waals surface area contributed by atoms with Gasteiger partial charge in [-0.1, -0.05) is 36.4 Å². The van der Waals surface area contributed by atoms with Gasteiger partial charge in [-0.25, -0.2) is 0 Å². The molecule has 1 aliphatic rings. The van der Waals surface area contributed by atoms with Gasteiger partial charge in [0, 0.05) is 5.69 Å². The normalized spacial score (nSPS) is 12.6. The number of benzene rings is 2. The molecule has 27 heavy (non-hydrogen) atoms. The summed E-state index contributed by atoms with van der Waals surface area (Å²) in [5.41, 5.74) is 4.32. The van der Waals surface area contributed by atoms with Gasteiger partial charge in [0.1, 0.15) is 0 Å². The molecule has 1 aromatic heterocycles. The molecule has 7 heteroatoms. The molecule has 3 aromatic rings. The lowest BCUT2D eigenvalue weighted by Crippen LogP contribution is -2.18. The summed E-state index contributed by atoms with van der Waals surface area (Å²) in [7, 11) is 0. The Morgan fingerprint density at radius 1 is 1.11 bits per heavy atom. The minimum absolute atomic E-state index is 0.158. The van der Waals surface area contributed by atoms with E-state index in [0.717, 1.165) is 24.8 Å². The predicted octanol–water partition coefficient (Wildman–Crippen LogP) is 3.58. The van der Waals surface area contributed by atoms with Gasteiger partial charge in [0.05, 0.1) is 17.7 Å². The van der Waals surface area contributed by atoms with Gasteiger partial charge in [0.25, 0.3) is 5.91 Å². The van der Waals surface area contributed by atoms with E-state index in [1.54, 1.807) is 0 Å². The quantitative estimate of drug-likeness (QED) is 0.555. The highest BCUT2D eigenvalue weighted by Gasteiger charge is 2.24. The highest BCUT2D eigenvalue weighted by atomic mass is 16.6. The lowest BCUT2D eigenvalue weighted by Gasteiger charge is -2.08. The lowest BCUT2D eigenvalue weighted by molar-refractivity contribution is -0.389. The van der Waals surface area contributed by atoms with E-state index < -0.39 is 10.8 Å². The van der Waals surface area contributed by atoms with Crippen LogP contribution in [-0.2, 0) is 19.4 Å². The average molecular weight is 362 g/mol. The molecular formula is C20H18N4O3. The number of hydrogen-bond acceptors (Lipinski definition) is 4. The molecule has 4 rings (SSSR count). The molecule has 0 saturated heterocycles. The number of amides is 1. The summed E-state index contributed by atoms with van der Waals surface area (Å²) in [6, 6.07) is 16.5. The molecule has 0 saturated carbocycles. The first-order chi connectivity index (χ1) is 13.1. The molecule has 7 nitrogen and oxygen atoms in total. The molecule has 0 spiro atoms. The van der Waals surface area contributed by atoms with Gasteiger partial charge >= 0.3 is 5.82 Å². The molecule has 1 heterocycles. The number of nitrogens with zero attached hydrogens (tertiary/aromatic N) is 3. The molecule has 1 aliphatic carbocycles. The fourth-order valence-corrected chi connectivity index (χ4v) is 3.40. The van der Waals surface area contributed by atoms with E-state index in [1.807, 2.05) is 48.5 Å². The molecule has 0 fully saturated rings. The van der Waals surface area contributed by atoms with Crippen molar-refractivity contribution in [2.24, 2.45) is 0 Å². The highest BCUT2D eigenvalue weighted by molar-refractivity contribution is 6.03. The summed E-state index contributed by atoms with van der Waals surface area (Å²) < 4.78 is 1.37. The SMILES string of the molecule is O=C(Nc1ccc2c(c1)CCC2)c1cc([N+](=O)[O-])nn1Cc1ccccc1. The zero-order chi connectivity index (χ0) is 18.8. The van der Waals surface area contributed by atoms with Crippen LogP contribution in [0.1, 0.15) is 33.6 Å². The Labute approximate surface area is 155 Å². The van der Waals surface area contributed by atoms with Crippen LogP contribution < -0.4 is 5.32 Å². The number of nitrogens with one attached hydrogen (secondary N) is 1. The van der Waals surface area contributed by atoms with Crippen molar-refractivity contribution in [1.82, 2.24) is 9.78 Å². The number of fused-ring (bicyclic) bond motifs is 1. The Morgan fingerprint density at radius 2 is 1.89 bits per heavy atom. The molecule has 0 unspecified atom stereocenters. The third-order valence-corrected chi connectivity index (χ3v) is 4.72. The number of aromatic nitrogens is 2. The third kappa shape index (κ3) is 3.57. The second-order valence-electron chi connectivity index (χ2n) is 6.58. The van der Waals surface area contributed by atoms with Gasteiger partial charge in [-0.05, 0) is 53.0 Å². The number of aryl methyl sites for hydroxylation is 2. The summed E-state index contributed by atoms with van der Waals surface area (Å²) >= 11 is 0. The van der Waals surface area contributed by atoms with Crippen molar-refractivity contribution in [2.45, 2.75) is 25.8 Å². The zero-order valence-corrected chi connectivity index (χ0v) is 14.6. The van der Waals surface area contributed by atoms with Crippen molar-refractivity contribution < 1.29 is 9.72 Å². The number of anilines is 1. The summed E-state index contributed by atoms with van der Waals surface area (Å²) in [4.78, 5) is 23.3.